The van der Waals surface area contributed by atoms with Crippen LogP contribution in [-0.2, 0) is 11.2 Å². The Bertz CT molecular complexity index is 308. The number of hydrogen-bond donors (Lipinski definition) is 0. The van der Waals surface area contributed by atoms with Gasteiger partial charge in [0.2, 0.25) is 0 Å². The molecule has 0 atom stereocenters. The molecule has 0 aliphatic heterocycles. The monoisotopic (exact) mass is 236 g/mol. The average Bonchev–Trinajstić information content (AvgIpc) is 2.33. The fraction of sp³-hybridized carbons (Fsp3) is 0.600. The van der Waals surface area contributed by atoms with Crippen LogP contribution in [0, 0.1) is 5.92 Å². The lowest BCUT2D eigenvalue weighted by atomic mass is 10.1. The van der Waals surface area contributed by atoms with Crippen molar-refractivity contribution in [3.8, 4) is 5.75 Å². The molecule has 0 unspecified atom stereocenters. The molecule has 2 nitrogen and oxygen atoms in total. The number of hydrogen-bond acceptors (Lipinski definition) is 2. The Labute approximate surface area is 105 Å². The van der Waals surface area contributed by atoms with E-state index in [4.69, 9.17) is 9.47 Å². The molecule has 0 fully saturated rings. The molecule has 0 aliphatic carbocycles. The lowest BCUT2D eigenvalue weighted by molar-refractivity contribution is 0.0923. The number of ether oxygens (including phenoxy) is 2. The van der Waals surface area contributed by atoms with E-state index < -0.39 is 0 Å². The van der Waals surface area contributed by atoms with Crippen LogP contribution in [0.4, 0.5) is 0 Å². The first-order valence-electron chi connectivity index (χ1n) is 6.52. The third-order valence-electron chi connectivity index (χ3n) is 2.68. The topological polar surface area (TPSA) is 18.5 Å². The molecule has 1 aromatic carbocycles. The standard InChI is InChI=1S/C15H24O2/c1-4-14-7-5-6-8-15(14)17-12-11-16-10-9-13(2)3/h5-8,13H,4,9-12H2,1-3H3. The van der Waals surface area contributed by atoms with Gasteiger partial charge in [0, 0.05) is 6.61 Å². The summed E-state index contributed by atoms with van der Waals surface area (Å²) in [6, 6.07) is 8.18. The minimum absolute atomic E-state index is 0.634. The maximum absolute atomic E-state index is 5.71. The molecule has 2 heteroatoms. The van der Waals surface area contributed by atoms with Gasteiger partial charge in [0.25, 0.3) is 0 Å². The quantitative estimate of drug-likeness (QED) is 0.641. The molecule has 0 N–H and O–H groups in total. The van der Waals surface area contributed by atoms with Gasteiger partial charge in [-0.2, -0.15) is 0 Å². The van der Waals surface area contributed by atoms with Gasteiger partial charge in [-0.3, -0.25) is 0 Å². The van der Waals surface area contributed by atoms with Crippen LogP contribution in [0.3, 0.4) is 0 Å². The predicted molar refractivity (Wildman–Crippen MR) is 71.6 cm³/mol. The fourth-order valence-electron chi connectivity index (χ4n) is 1.57. The molecule has 0 radical (unpaired) electrons. The minimum atomic E-state index is 0.634. The van der Waals surface area contributed by atoms with Crippen LogP contribution < -0.4 is 4.74 Å². The van der Waals surface area contributed by atoms with E-state index in [0.717, 1.165) is 25.2 Å². The largest absolute Gasteiger partial charge is 0.491 e. The van der Waals surface area contributed by atoms with E-state index in [1.165, 1.54) is 5.56 Å². The van der Waals surface area contributed by atoms with Crippen molar-refractivity contribution in [1.82, 2.24) is 0 Å². The van der Waals surface area contributed by atoms with E-state index in [-0.39, 0.29) is 0 Å². The number of benzene rings is 1. The van der Waals surface area contributed by atoms with Crippen LogP contribution >= 0.6 is 0 Å². The van der Waals surface area contributed by atoms with Gasteiger partial charge in [-0.15, -0.1) is 0 Å². The van der Waals surface area contributed by atoms with Crippen LogP contribution in [0.15, 0.2) is 24.3 Å². The van der Waals surface area contributed by atoms with Crippen molar-refractivity contribution >= 4 is 0 Å². The summed E-state index contributed by atoms with van der Waals surface area (Å²) in [6.45, 7) is 8.69. The zero-order valence-electron chi connectivity index (χ0n) is 11.2. The summed E-state index contributed by atoms with van der Waals surface area (Å²) < 4.78 is 11.2. The molecule has 0 aromatic heterocycles. The van der Waals surface area contributed by atoms with E-state index >= 15 is 0 Å². The summed E-state index contributed by atoms with van der Waals surface area (Å²) in [4.78, 5) is 0. The maximum Gasteiger partial charge on any atom is 0.122 e. The lowest BCUT2D eigenvalue weighted by Gasteiger charge is -2.11. The second kappa shape index (κ2) is 8.13. The van der Waals surface area contributed by atoms with E-state index in [1.54, 1.807) is 0 Å². The van der Waals surface area contributed by atoms with E-state index in [9.17, 15) is 0 Å². The molecule has 0 saturated carbocycles. The summed E-state index contributed by atoms with van der Waals surface area (Å²) in [6.07, 6.45) is 2.12. The highest BCUT2D eigenvalue weighted by atomic mass is 16.5. The van der Waals surface area contributed by atoms with Gasteiger partial charge < -0.3 is 9.47 Å². The number of rotatable bonds is 8. The molecule has 0 saturated heterocycles. The highest BCUT2D eigenvalue weighted by molar-refractivity contribution is 5.33. The Kier molecular flexibility index (Phi) is 6.71. The van der Waals surface area contributed by atoms with Crippen molar-refractivity contribution in [1.29, 1.82) is 0 Å². The van der Waals surface area contributed by atoms with Gasteiger partial charge in [-0.05, 0) is 30.4 Å². The van der Waals surface area contributed by atoms with E-state index in [2.05, 4.69) is 26.8 Å². The molecular formula is C15H24O2. The van der Waals surface area contributed by atoms with Crippen molar-refractivity contribution in [2.45, 2.75) is 33.6 Å². The molecule has 0 bridgehead atoms. The SMILES string of the molecule is CCc1ccccc1OCCOCCC(C)C. The smallest absolute Gasteiger partial charge is 0.122 e. The molecule has 0 amide bonds. The van der Waals surface area contributed by atoms with Crippen LogP contribution in [0.5, 0.6) is 5.75 Å². The zero-order valence-corrected chi connectivity index (χ0v) is 11.2. The maximum atomic E-state index is 5.71. The van der Waals surface area contributed by atoms with Gasteiger partial charge in [-0.25, -0.2) is 0 Å². The molecule has 0 aliphatic rings. The van der Waals surface area contributed by atoms with Crippen molar-refractivity contribution in [2.24, 2.45) is 5.92 Å². The number of para-hydroxylation sites is 1. The summed E-state index contributed by atoms with van der Waals surface area (Å²) in [5, 5.41) is 0. The van der Waals surface area contributed by atoms with E-state index in [0.29, 0.717) is 19.1 Å². The molecule has 96 valence electrons. The molecule has 1 aromatic rings. The molecule has 0 heterocycles. The summed E-state index contributed by atoms with van der Waals surface area (Å²) >= 11 is 0. The van der Waals surface area contributed by atoms with Crippen LogP contribution in [0.2, 0.25) is 0 Å². The minimum Gasteiger partial charge on any atom is -0.491 e. The second-order valence-electron chi connectivity index (χ2n) is 4.60. The summed E-state index contributed by atoms with van der Waals surface area (Å²) in [5.74, 6) is 1.69. The fourth-order valence-corrected chi connectivity index (χ4v) is 1.57. The zero-order chi connectivity index (χ0) is 12.5. The first-order valence-corrected chi connectivity index (χ1v) is 6.52. The van der Waals surface area contributed by atoms with Gasteiger partial charge in [0.15, 0.2) is 0 Å². The Hall–Kier alpha value is -1.02. The molecule has 0 spiro atoms. The van der Waals surface area contributed by atoms with Gasteiger partial charge in [-0.1, -0.05) is 39.0 Å². The Morgan fingerprint density at radius 3 is 2.53 bits per heavy atom. The highest BCUT2D eigenvalue weighted by Crippen LogP contribution is 2.17. The Morgan fingerprint density at radius 1 is 1.06 bits per heavy atom. The van der Waals surface area contributed by atoms with Crippen LogP contribution in [-0.4, -0.2) is 19.8 Å². The van der Waals surface area contributed by atoms with Gasteiger partial charge >= 0.3 is 0 Å². The van der Waals surface area contributed by atoms with Crippen molar-refractivity contribution in [3.05, 3.63) is 29.8 Å². The summed E-state index contributed by atoms with van der Waals surface area (Å²) in [5.41, 5.74) is 1.26. The molecule has 17 heavy (non-hydrogen) atoms. The van der Waals surface area contributed by atoms with Gasteiger partial charge in [0.05, 0.1) is 6.61 Å². The predicted octanol–water partition coefficient (Wildman–Crippen LogP) is 3.69. The Balaban J connectivity index is 2.17. The Morgan fingerprint density at radius 2 is 1.82 bits per heavy atom. The van der Waals surface area contributed by atoms with Crippen LogP contribution in [0.25, 0.3) is 0 Å². The van der Waals surface area contributed by atoms with Gasteiger partial charge in [0.1, 0.15) is 12.4 Å². The first kappa shape index (κ1) is 14.0. The first-order chi connectivity index (χ1) is 8.24. The summed E-state index contributed by atoms with van der Waals surface area (Å²) in [7, 11) is 0. The molecule has 1 rings (SSSR count). The highest BCUT2D eigenvalue weighted by Gasteiger charge is 2.00. The third-order valence-corrected chi connectivity index (χ3v) is 2.68. The van der Waals surface area contributed by atoms with Crippen molar-refractivity contribution in [3.63, 3.8) is 0 Å². The van der Waals surface area contributed by atoms with Crippen molar-refractivity contribution in [2.75, 3.05) is 19.8 Å². The normalized spacial score (nSPS) is 10.8. The number of aryl methyl sites for hydroxylation is 1. The molecular weight excluding hydrogens is 212 g/mol. The van der Waals surface area contributed by atoms with Crippen LogP contribution in [0.1, 0.15) is 32.8 Å². The van der Waals surface area contributed by atoms with E-state index in [1.807, 2.05) is 18.2 Å². The second-order valence-corrected chi connectivity index (χ2v) is 4.60. The van der Waals surface area contributed by atoms with Crippen molar-refractivity contribution < 1.29 is 9.47 Å². The lowest BCUT2D eigenvalue weighted by Crippen LogP contribution is -2.09. The average molecular weight is 236 g/mol. The third kappa shape index (κ3) is 5.73.